The van der Waals surface area contributed by atoms with Crippen LogP contribution in [-0.2, 0) is 4.79 Å². The van der Waals surface area contributed by atoms with Gasteiger partial charge in [0, 0.05) is 12.6 Å². The largest absolute Gasteiger partial charge is 0.480 e. The lowest BCUT2D eigenvalue weighted by atomic mass is 9.91. The minimum absolute atomic E-state index is 0.0388. The molecule has 5 nitrogen and oxygen atoms in total. The molecule has 2 bridgehead atoms. The van der Waals surface area contributed by atoms with E-state index in [0.29, 0.717) is 24.4 Å². The van der Waals surface area contributed by atoms with E-state index in [1.54, 1.807) is 4.90 Å². The van der Waals surface area contributed by atoms with E-state index in [1.165, 1.54) is 19.3 Å². The fourth-order valence-electron chi connectivity index (χ4n) is 5.54. The van der Waals surface area contributed by atoms with E-state index >= 15 is 0 Å². The van der Waals surface area contributed by atoms with Crippen molar-refractivity contribution in [1.29, 1.82) is 0 Å². The molecule has 2 N–H and O–H groups in total. The molecule has 4 aliphatic rings. The Kier molecular flexibility index (Phi) is 2.95. The number of amides is 2. The van der Waals surface area contributed by atoms with Gasteiger partial charge in [-0.2, -0.15) is 0 Å². The Hall–Kier alpha value is -1.26. The smallest absolute Gasteiger partial charge is 0.326 e. The molecule has 0 radical (unpaired) electrons. The summed E-state index contributed by atoms with van der Waals surface area (Å²) < 4.78 is 0. The van der Waals surface area contributed by atoms with Gasteiger partial charge in [0.2, 0.25) is 0 Å². The number of fused-ring (bicyclic) bond motifs is 5. The number of carbonyl (C=O) groups excluding carboxylic acids is 1. The molecule has 1 aliphatic heterocycles. The Morgan fingerprint density at radius 1 is 1.14 bits per heavy atom. The topological polar surface area (TPSA) is 69.6 Å². The van der Waals surface area contributed by atoms with Gasteiger partial charge in [-0.05, 0) is 61.7 Å². The van der Waals surface area contributed by atoms with Crippen LogP contribution in [0.1, 0.15) is 39.0 Å². The van der Waals surface area contributed by atoms with E-state index in [4.69, 9.17) is 0 Å². The number of carboxylic acid groups (broad SMARTS) is 1. The number of urea groups is 1. The number of rotatable bonds is 2. The van der Waals surface area contributed by atoms with Crippen LogP contribution in [0.2, 0.25) is 0 Å². The molecule has 3 saturated carbocycles. The normalized spacial score (nSPS) is 47.1. The van der Waals surface area contributed by atoms with Crippen LogP contribution >= 0.6 is 0 Å². The number of hydrogen-bond donors (Lipinski definition) is 2. The first-order chi connectivity index (χ1) is 10.1. The summed E-state index contributed by atoms with van der Waals surface area (Å²) in [7, 11) is 0. The van der Waals surface area contributed by atoms with Gasteiger partial charge >= 0.3 is 12.0 Å². The second-order valence-electron chi connectivity index (χ2n) is 7.56. The molecular formula is C16H24N2O3. The van der Waals surface area contributed by atoms with Crippen molar-refractivity contribution < 1.29 is 14.7 Å². The van der Waals surface area contributed by atoms with E-state index in [-0.39, 0.29) is 11.9 Å². The molecule has 1 saturated heterocycles. The highest BCUT2D eigenvalue weighted by atomic mass is 16.4. The zero-order valence-electron chi connectivity index (χ0n) is 12.5. The standard InChI is InChI=1S/C16H24N2O3/c1-8-3-2-6-18(14(8)15(19)20)16(21)17-13-11-9-4-5-10(7-9)12(11)13/h8-14H,2-7H2,1H3,(H,17,21)(H,19,20). The predicted octanol–water partition coefficient (Wildman–Crippen LogP) is 1.93. The van der Waals surface area contributed by atoms with E-state index in [9.17, 15) is 14.7 Å². The summed E-state index contributed by atoms with van der Waals surface area (Å²) in [6.07, 6.45) is 5.81. The molecule has 116 valence electrons. The zero-order valence-corrected chi connectivity index (χ0v) is 12.5. The number of likely N-dealkylation sites (tertiary alicyclic amines) is 1. The maximum atomic E-state index is 12.5. The van der Waals surface area contributed by atoms with Crippen LogP contribution in [0.4, 0.5) is 4.79 Å². The summed E-state index contributed by atoms with van der Waals surface area (Å²) in [6, 6.07) is -0.475. The van der Waals surface area contributed by atoms with Crippen molar-refractivity contribution in [2.45, 2.75) is 51.1 Å². The number of nitrogens with zero attached hydrogens (tertiary/aromatic N) is 1. The summed E-state index contributed by atoms with van der Waals surface area (Å²) in [6.45, 7) is 2.51. The monoisotopic (exact) mass is 292 g/mol. The van der Waals surface area contributed by atoms with Gasteiger partial charge in [-0.25, -0.2) is 9.59 Å². The summed E-state index contributed by atoms with van der Waals surface area (Å²) >= 11 is 0. The van der Waals surface area contributed by atoms with E-state index in [2.05, 4.69) is 5.32 Å². The van der Waals surface area contributed by atoms with Crippen LogP contribution in [0.25, 0.3) is 0 Å². The van der Waals surface area contributed by atoms with Gasteiger partial charge < -0.3 is 15.3 Å². The van der Waals surface area contributed by atoms with Crippen molar-refractivity contribution in [3.63, 3.8) is 0 Å². The molecular weight excluding hydrogens is 268 g/mol. The van der Waals surface area contributed by atoms with Gasteiger partial charge in [-0.3, -0.25) is 0 Å². The molecule has 2 amide bonds. The number of carbonyl (C=O) groups is 2. The van der Waals surface area contributed by atoms with Gasteiger partial charge in [0.05, 0.1) is 0 Å². The average molecular weight is 292 g/mol. The lowest BCUT2D eigenvalue weighted by molar-refractivity contribution is -0.145. The Labute approximate surface area is 125 Å². The summed E-state index contributed by atoms with van der Waals surface area (Å²) in [5, 5.41) is 12.6. The second kappa shape index (κ2) is 4.62. The van der Waals surface area contributed by atoms with Crippen LogP contribution in [0, 0.1) is 29.6 Å². The van der Waals surface area contributed by atoms with Crippen LogP contribution in [0.5, 0.6) is 0 Å². The number of aliphatic carboxylic acids is 1. The molecule has 0 aromatic heterocycles. The molecule has 3 aliphatic carbocycles. The fraction of sp³-hybridized carbons (Fsp3) is 0.875. The molecule has 21 heavy (non-hydrogen) atoms. The highest BCUT2D eigenvalue weighted by Gasteiger charge is 2.65. The minimum atomic E-state index is -0.867. The van der Waals surface area contributed by atoms with Crippen molar-refractivity contribution in [3.8, 4) is 0 Å². The van der Waals surface area contributed by atoms with Crippen LogP contribution in [0.3, 0.4) is 0 Å². The maximum Gasteiger partial charge on any atom is 0.326 e. The average Bonchev–Trinajstić information content (AvgIpc) is 2.83. The van der Waals surface area contributed by atoms with E-state index in [1.807, 2.05) is 6.92 Å². The van der Waals surface area contributed by atoms with E-state index < -0.39 is 12.0 Å². The van der Waals surface area contributed by atoms with Crippen LogP contribution < -0.4 is 5.32 Å². The van der Waals surface area contributed by atoms with Crippen molar-refractivity contribution in [3.05, 3.63) is 0 Å². The lowest BCUT2D eigenvalue weighted by Gasteiger charge is -2.37. The Bertz CT molecular complexity index is 464. The first kappa shape index (κ1) is 13.4. The fourth-order valence-corrected chi connectivity index (χ4v) is 5.54. The van der Waals surface area contributed by atoms with Gasteiger partial charge in [-0.1, -0.05) is 6.92 Å². The summed E-state index contributed by atoms with van der Waals surface area (Å²) in [5.74, 6) is 2.20. The van der Waals surface area contributed by atoms with Crippen molar-refractivity contribution >= 4 is 12.0 Å². The predicted molar refractivity (Wildman–Crippen MR) is 76.7 cm³/mol. The third-order valence-electron chi connectivity index (χ3n) is 6.47. The van der Waals surface area contributed by atoms with Crippen LogP contribution in [-0.4, -0.2) is 40.6 Å². The molecule has 4 rings (SSSR count). The first-order valence-electron chi connectivity index (χ1n) is 8.38. The Morgan fingerprint density at radius 3 is 2.43 bits per heavy atom. The molecule has 5 heteroatoms. The third kappa shape index (κ3) is 1.96. The van der Waals surface area contributed by atoms with Crippen molar-refractivity contribution in [2.24, 2.45) is 29.6 Å². The molecule has 0 aromatic rings. The number of carboxylic acids is 1. The highest BCUT2D eigenvalue weighted by Crippen LogP contribution is 2.65. The molecule has 4 fully saturated rings. The minimum Gasteiger partial charge on any atom is -0.480 e. The van der Waals surface area contributed by atoms with Crippen LogP contribution in [0.15, 0.2) is 0 Å². The van der Waals surface area contributed by atoms with Gasteiger partial charge in [0.1, 0.15) is 6.04 Å². The van der Waals surface area contributed by atoms with Gasteiger partial charge in [0.15, 0.2) is 0 Å². The van der Waals surface area contributed by atoms with Crippen molar-refractivity contribution in [2.75, 3.05) is 6.54 Å². The van der Waals surface area contributed by atoms with E-state index in [0.717, 1.165) is 24.7 Å². The number of piperidine rings is 1. The van der Waals surface area contributed by atoms with Gasteiger partial charge in [0.25, 0.3) is 0 Å². The molecule has 6 unspecified atom stereocenters. The number of nitrogens with one attached hydrogen (secondary N) is 1. The Morgan fingerprint density at radius 2 is 1.81 bits per heavy atom. The van der Waals surface area contributed by atoms with Crippen molar-refractivity contribution in [1.82, 2.24) is 10.2 Å². The number of hydrogen-bond acceptors (Lipinski definition) is 2. The lowest BCUT2D eigenvalue weighted by Crippen LogP contribution is -2.55. The van der Waals surface area contributed by atoms with Gasteiger partial charge in [-0.15, -0.1) is 0 Å². The SMILES string of the molecule is CC1CCCN(C(=O)NC2C3C4CCC(C4)C23)C1C(=O)O. The maximum absolute atomic E-state index is 12.5. The quantitative estimate of drug-likeness (QED) is 0.817. The molecule has 6 atom stereocenters. The highest BCUT2D eigenvalue weighted by molar-refractivity contribution is 5.83. The summed E-state index contributed by atoms with van der Waals surface area (Å²) in [4.78, 5) is 25.6. The molecule has 0 spiro atoms. The third-order valence-corrected chi connectivity index (χ3v) is 6.47. The Balaban J connectivity index is 1.42. The first-order valence-corrected chi connectivity index (χ1v) is 8.38. The molecule has 0 aromatic carbocycles. The summed E-state index contributed by atoms with van der Waals surface area (Å²) in [5.41, 5.74) is 0. The zero-order chi connectivity index (χ0) is 14.7. The molecule has 1 heterocycles. The second-order valence-corrected chi connectivity index (χ2v) is 7.56.